The molecule has 6 heteroatoms. The summed E-state index contributed by atoms with van der Waals surface area (Å²) in [4.78, 5) is 24.6. The highest BCUT2D eigenvalue weighted by molar-refractivity contribution is 5.76. The molecule has 1 amide bonds. The third kappa shape index (κ3) is 71.4. The molecule has 3 N–H and O–H groups in total. The molecule has 0 aromatic rings. The van der Waals surface area contributed by atoms with Crippen LogP contribution in [-0.2, 0) is 14.3 Å². The molecule has 0 bridgehead atoms. The van der Waals surface area contributed by atoms with Crippen LogP contribution >= 0.6 is 0 Å². The van der Waals surface area contributed by atoms with E-state index in [1.165, 1.54) is 379 Å². The number of hydrogen-bond donors (Lipinski definition) is 3. The van der Waals surface area contributed by atoms with Crippen molar-refractivity contribution in [2.45, 2.75) is 463 Å². The minimum atomic E-state index is -0.841. The molecule has 0 spiro atoms. The Kier molecular flexibility index (Phi) is 74.3. The molecule has 0 saturated carbocycles. The van der Waals surface area contributed by atoms with Crippen molar-refractivity contribution < 1.29 is 24.5 Å². The summed E-state index contributed by atoms with van der Waals surface area (Å²) in [6.07, 6.45) is 97.4. The van der Waals surface area contributed by atoms with Gasteiger partial charge in [-0.2, -0.15) is 0 Å². The second-order valence-corrected chi connectivity index (χ2v) is 27.4. The van der Waals surface area contributed by atoms with Gasteiger partial charge in [0.15, 0.2) is 0 Å². The van der Waals surface area contributed by atoms with Crippen LogP contribution in [0.5, 0.6) is 0 Å². The molecule has 2 atom stereocenters. The molecule has 86 heavy (non-hydrogen) atoms. The fourth-order valence-corrected chi connectivity index (χ4v) is 12.7. The Balaban J connectivity index is 3.33. The van der Waals surface area contributed by atoms with E-state index in [-0.39, 0.29) is 18.5 Å². The van der Waals surface area contributed by atoms with E-state index in [0.29, 0.717) is 19.4 Å². The number of hydrogen-bond acceptors (Lipinski definition) is 5. The van der Waals surface area contributed by atoms with E-state index in [9.17, 15) is 19.8 Å². The fraction of sp³-hybridized carbons (Fsp3) is 0.925. The van der Waals surface area contributed by atoms with Gasteiger partial charge < -0.3 is 20.3 Å². The maximum absolute atomic E-state index is 12.5. The lowest BCUT2D eigenvalue weighted by Crippen LogP contribution is -2.45. The third-order valence-electron chi connectivity index (χ3n) is 18.7. The van der Waals surface area contributed by atoms with Crippen molar-refractivity contribution >= 4 is 11.9 Å². The second kappa shape index (κ2) is 75.8. The number of ether oxygens (including phenoxy) is 1. The minimum absolute atomic E-state index is 0.0146. The van der Waals surface area contributed by atoms with Crippen LogP contribution in [0.2, 0.25) is 0 Å². The smallest absolute Gasteiger partial charge is 0.305 e. The van der Waals surface area contributed by atoms with E-state index in [2.05, 4.69) is 31.3 Å². The Morgan fingerprint density at radius 1 is 0.314 bits per heavy atom. The number of nitrogens with one attached hydrogen (secondary N) is 1. The molecule has 0 heterocycles. The summed E-state index contributed by atoms with van der Waals surface area (Å²) < 4.78 is 5.49. The van der Waals surface area contributed by atoms with Crippen molar-refractivity contribution in [1.82, 2.24) is 5.32 Å². The zero-order chi connectivity index (χ0) is 62.0. The van der Waals surface area contributed by atoms with Gasteiger partial charge in [-0.1, -0.05) is 404 Å². The zero-order valence-electron chi connectivity index (χ0n) is 58.6. The molecule has 0 saturated heterocycles. The largest absolute Gasteiger partial charge is 0.466 e. The van der Waals surface area contributed by atoms with Gasteiger partial charge in [0.2, 0.25) is 5.91 Å². The predicted octanol–water partition coefficient (Wildman–Crippen LogP) is 26.0. The summed E-state index contributed by atoms with van der Waals surface area (Å²) in [6, 6.07) is -0.624. The molecule has 6 nitrogen and oxygen atoms in total. The monoisotopic (exact) mass is 1210 g/mol. The van der Waals surface area contributed by atoms with E-state index < -0.39 is 12.1 Å². The van der Waals surface area contributed by atoms with Crippen LogP contribution in [0.3, 0.4) is 0 Å². The van der Waals surface area contributed by atoms with Crippen LogP contribution in [0, 0.1) is 0 Å². The molecule has 0 aromatic carbocycles. The van der Waals surface area contributed by atoms with E-state index in [1.54, 1.807) is 6.08 Å². The second-order valence-electron chi connectivity index (χ2n) is 27.4. The van der Waals surface area contributed by atoms with Crippen LogP contribution in [0.25, 0.3) is 0 Å². The molecular weight excluding hydrogens is 1050 g/mol. The summed E-state index contributed by atoms with van der Waals surface area (Å²) in [7, 11) is 0. The highest BCUT2D eigenvalue weighted by atomic mass is 16.5. The van der Waals surface area contributed by atoms with E-state index in [0.717, 1.165) is 44.9 Å². The van der Waals surface area contributed by atoms with Gasteiger partial charge in [-0.05, 0) is 57.8 Å². The average Bonchev–Trinajstić information content (AvgIpc) is 3.54. The number of carbonyl (C=O) groups excluding carboxylic acids is 2. The normalized spacial score (nSPS) is 12.6. The lowest BCUT2D eigenvalue weighted by atomic mass is 10.0. The number of aliphatic hydroxyl groups is 2. The van der Waals surface area contributed by atoms with Gasteiger partial charge in [-0.3, -0.25) is 9.59 Å². The van der Waals surface area contributed by atoms with Gasteiger partial charge in [0.1, 0.15) is 0 Å². The Morgan fingerprint density at radius 3 is 0.826 bits per heavy atom. The first-order valence-corrected chi connectivity index (χ1v) is 39.6. The Labute approximate surface area is 539 Å². The number of carbonyl (C=O) groups is 2. The van der Waals surface area contributed by atoms with E-state index in [1.807, 2.05) is 6.08 Å². The van der Waals surface area contributed by atoms with Gasteiger partial charge >= 0.3 is 5.97 Å². The number of esters is 1. The van der Waals surface area contributed by atoms with Gasteiger partial charge in [0, 0.05) is 12.8 Å². The summed E-state index contributed by atoms with van der Waals surface area (Å²) in [5, 5.41) is 23.3. The molecule has 0 aromatic heterocycles. The van der Waals surface area contributed by atoms with Crippen LogP contribution in [0.1, 0.15) is 450 Å². The highest BCUT2D eigenvalue weighted by Crippen LogP contribution is 2.20. The molecule has 0 aliphatic rings. The lowest BCUT2D eigenvalue weighted by molar-refractivity contribution is -0.143. The molecule has 0 fully saturated rings. The van der Waals surface area contributed by atoms with Crippen molar-refractivity contribution in [3.63, 3.8) is 0 Å². The lowest BCUT2D eigenvalue weighted by Gasteiger charge is -2.20. The third-order valence-corrected chi connectivity index (χ3v) is 18.7. The summed E-state index contributed by atoms with van der Waals surface area (Å²) in [5.41, 5.74) is 0. The zero-order valence-corrected chi connectivity index (χ0v) is 58.6. The van der Waals surface area contributed by atoms with Crippen molar-refractivity contribution in [2.75, 3.05) is 13.2 Å². The van der Waals surface area contributed by atoms with Crippen molar-refractivity contribution in [3.8, 4) is 0 Å². The maximum atomic E-state index is 12.5. The number of amides is 1. The molecule has 0 aliphatic carbocycles. The summed E-state index contributed by atoms with van der Waals surface area (Å²) in [5.74, 6) is -0.0434. The number of unbranched alkanes of at least 4 members (excludes halogenated alkanes) is 62. The number of allylic oxidation sites excluding steroid dienone is 3. The average molecular weight is 1210 g/mol. The topological polar surface area (TPSA) is 95.9 Å². The first kappa shape index (κ1) is 84.3. The standard InChI is InChI=1S/C80H155NO5/c1-3-5-7-9-11-13-15-17-19-20-21-39-42-45-48-52-56-60-64-68-72-78(83)77(76-82)81-79(84)73-69-65-61-57-53-49-46-43-40-37-35-33-31-29-27-25-23-22-24-26-28-30-32-34-36-38-41-44-47-51-55-59-63-67-71-75-86-80(85)74-70-66-62-58-54-50-18-16-14-12-10-8-6-4-2/h16,18,68,72,77-78,82-83H,3-15,17,19-67,69-71,73-76H2,1-2H3,(H,81,84)/b18-16-,72-68+. The highest BCUT2D eigenvalue weighted by Gasteiger charge is 2.18. The van der Waals surface area contributed by atoms with Crippen molar-refractivity contribution in [2.24, 2.45) is 0 Å². The molecule has 0 radical (unpaired) electrons. The van der Waals surface area contributed by atoms with E-state index >= 15 is 0 Å². The van der Waals surface area contributed by atoms with Crippen LogP contribution in [-0.4, -0.2) is 47.4 Å². The fourth-order valence-electron chi connectivity index (χ4n) is 12.7. The molecule has 2 unspecified atom stereocenters. The SMILES string of the molecule is CCCCCCC/C=C\CCCCCCCC(=O)OCCCCCCCCCCCCCCCCCCCCCCCCCCCCCCCCCCCCCC(=O)NC(CO)C(O)/C=C/CCCCCCCCCCCCCCCCCCCC. The molecule has 0 aliphatic heterocycles. The van der Waals surface area contributed by atoms with Gasteiger partial charge in [-0.15, -0.1) is 0 Å². The van der Waals surface area contributed by atoms with Crippen LogP contribution < -0.4 is 5.32 Å². The van der Waals surface area contributed by atoms with Gasteiger partial charge in [0.25, 0.3) is 0 Å². The summed E-state index contributed by atoms with van der Waals surface area (Å²) >= 11 is 0. The maximum Gasteiger partial charge on any atom is 0.305 e. The molecule has 0 rings (SSSR count). The summed E-state index contributed by atoms with van der Waals surface area (Å²) in [6.45, 7) is 4.94. The molecular formula is C80H155NO5. The number of rotatable bonds is 75. The van der Waals surface area contributed by atoms with Crippen molar-refractivity contribution in [3.05, 3.63) is 24.3 Å². The first-order valence-electron chi connectivity index (χ1n) is 39.6. The number of aliphatic hydroxyl groups excluding tert-OH is 2. The Bertz CT molecular complexity index is 1350. The van der Waals surface area contributed by atoms with E-state index in [4.69, 9.17) is 4.74 Å². The predicted molar refractivity (Wildman–Crippen MR) is 380 cm³/mol. The minimum Gasteiger partial charge on any atom is -0.466 e. The van der Waals surface area contributed by atoms with Gasteiger partial charge in [-0.25, -0.2) is 0 Å². The molecule has 510 valence electrons. The quantitative estimate of drug-likeness (QED) is 0.0320. The first-order chi connectivity index (χ1) is 42.5. The van der Waals surface area contributed by atoms with Crippen molar-refractivity contribution in [1.29, 1.82) is 0 Å². The van der Waals surface area contributed by atoms with Crippen LogP contribution in [0.4, 0.5) is 0 Å². The Hall–Kier alpha value is -1.66. The Morgan fingerprint density at radius 2 is 0.547 bits per heavy atom. The van der Waals surface area contributed by atoms with Gasteiger partial charge in [0.05, 0.1) is 25.4 Å². The van der Waals surface area contributed by atoms with Crippen LogP contribution in [0.15, 0.2) is 24.3 Å².